The topological polar surface area (TPSA) is 65.6 Å². The molecule has 1 N–H and O–H groups in total. The molecule has 0 amide bonds. The highest BCUT2D eigenvalue weighted by molar-refractivity contribution is 6.37. The van der Waals surface area contributed by atoms with Gasteiger partial charge in [0.15, 0.2) is 0 Å². The molecule has 106 valence electrons. The van der Waals surface area contributed by atoms with Gasteiger partial charge in [-0.2, -0.15) is 5.26 Å². The second-order valence-electron chi connectivity index (χ2n) is 4.39. The van der Waals surface area contributed by atoms with E-state index < -0.39 is 0 Å². The van der Waals surface area contributed by atoms with Crippen molar-refractivity contribution in [1.29, 1.82) is 5.26 Å². The maximum Gasteiger partial charge on any atom is 0.118 e. The molecule has 0 spiro atoms. The van der Waals surface area contributed by atoms with Gasteiger partial charge < -0.3 is 9.94 Å². The maximum absolute atomic E-state index is 9.45. The van der Waals surface area contributed by atoms with E-state index in [0.29, 0.717) is 33.2 Å². The lowest BCUT2D eigenvalue weighted by Gasteiger charge is -2.14. The van der Waals surface area contributed by atoms with Crippen molar-refractivity contribution in [1.82, 2.24) is 0 Å². The van der Waals surface area contributed by atoms with Gasteiger partial charge in [0, 0.05) is 5.57 Å². The summed E-state index contributed by atoms with van der Waals surface area (Å²) in [6.45, 7) is 1.74. The third-order valence-electron chi connectivity index (χ3n) is 3.23. The SMILES string of the molecule is COc1ccc(/C(C#N)=C2C=C/C(=N\O)C(C)=C\2Cl)cc1. The molecule has 4 nitrogen and oxygen atoms in total. The number of hydrogen-bond acceptors (Lipinski definition) is 4. The van der Waals surface area contributed by atoms with Crippen LogP contribution in [0.1, 0.15) is 12.5 Å². The molecule has 2 rings (SSSR count). The highest BCUT2D eigenvalue weighted by atomic mass is 35.5. The number of nitrogens with zero attached hydrogens (tertiary/aromatic N) is 2. The number of rotatable bonds is 2. The Kier molecular flexibility index (Phi) is 4.46. The molecule has 0 fully saturated rings. The van der Waals surface area contributed by atoms with Crippen molar-refractivity contribution in [2.75, 3.05) is 7.11 Å². The Bertz CT molecular complexity index is 720. The van der Waals surface area contributed by atoms with Gasteiger partial charge >= 0.3 is 0 Å². The fourth-order valence-corrected chi connectivity index (χ4v) is 2.27. The molecule has 0 radical (unpaired) electrons. The minimum atomic E-state index is 0.385. The van der Waals surface area contributed by atoms with Crippen molar-refractivity contribution >= 4 is 22.9 Å². The monoisotopic (exact) mass is 300 g/mol. The third-order valence-corrected chi connectivity index (χ3v) is 3.71. The second kappa shape index (κ2) is 6.29. The first kappa shape index (κ1) is 14.9. The minimum absolute atomic E-state index is 0.385. The summed E-state index contributed by atoms with van der Waals surface area (Å²) < 4.78 is 5.10. The van der Waals surface area contributed by atoms with Crippen LogP contribution < -0.4 is 4.74 Å². The number of oxime groups is 1. The van der Waals surface area contributed by atoms with Crippen LogP contribution in [-0.2, 0) is 0 Å². The lowest BCUT2D eigenvalue weighted by Crippen LogP contribution is -2.05. The van der Waals surface area contributed by atoms with Crippen LogP contribution in [-0.4, -0.2) is 18.0 Å². The molecule has 0 saturated heterocycles. The minimum Gasteiger partial charge on any atom is -0.497 e. The third kappa shape index (κ3) is 2.83. The van der Waals surface area contributed by atoms with Crippen molar-refractivity contribution in [2.45, 2.75) is 6.92 Å². The Morgan fingerprint density at radius 1 is 1.29 bits per heavy atom. The highest BCUT2D eigenvalue weighted by Crippen LogP contribution is 2.32. The summed E-state index contributed by atoms with van der Waals surface area (Å²) in [5.41, 5.74) is 2.81. The van der Waals surface area contributed by atoms with Crippen molar-refractivity contribution in [3.8, 4) is 11.8 Å². The first-order valence-corrected chi connectivity index (χ1v) is 6.56. The molecule has 1 aliphatic carbocycles. The van der Waals surface area contributed by atoms with Gasteiger partial charge in [0.05, 0.1) is 17.7 Å². The molecule has 0 aliphatic heterocycles. The molecule has 0 atom stereocenters. The number of halogens is 1. The summed E-state index contributed by atoms with van der Waals surface area (Å²) in [7, 11) is 1.58. The van der Waals surface area contributed by atoms with Crippen LogP contribution in [0.15, 0.2) is 57.8 Å². The van der Waals surface area contributed by atoms with Crippen molar-refractivity contribution in [2.24, 2.45) is 5.16 Å². The summed E-state index contributed by atoms with van der Waals surface area (Å²) in [5, 5.41) is 21.9. The van der Waals surface area contributed by atoms with Gasteiger partial charge in [0.1, 0.15) is 17.5 Å². The predicted molar refractivity (Wildman–Crippen MR) is 82.4 cm³/mol. The zero-order chi connectivity index (χ0) is 15.4. The van der Waals surface area contributed by atoms with E-state index >= 15 is 0 Å². The second-order valence-corrected chi connectivity index (χ2v) is 4.76. The van der Waals surface area contributed by atoms with Crippen molar-refractivity contribution in [3.05, 3.63) is 58.2 Å². The van der Waals surface area contributed by atoms with Crippen LogP contribution in [0.25, 0.3) is 5.57 Å². The Morgan fingerprint density at radius 2 is 1.95 bits per heavy atom. The molecule has 0 bridgehead atoms. The first-order valence-electron chi connectivity index (χ1n) is 6.18. The Hall–Kier alpha value is -2.51. The van der Waals surface area contributed by atoms with E-state index in [0.717, 1.165) is 5.56 Å². The highest BCUT2D eigenvalue weighted by Gasteiger charge is 2.18. The number of allylic oxidation sites excluding steroid dienone is 6. The molecule has 0 saturated carbocycles. The summed E-state index contributed by atoms with van der Waals surface area (Å²) in [5.74, 6) is 0.716. The first-order chi connectivity index (χ1) is 10.1. The fraction of sp³-hybridized carbons (Fsp3) is 0.125. The molecule has 1 aromatic rings. The summed E-state index contributed by atoms with van der Waals surface area (Å²) in [6.07, 6.45) is 3.30. The van der Waals surface area contributed by atoms with Gasteiger partial charge in [0.25, 0.3) is 0 Å². The lowest BCUT2D eigenvalue weighted by atomic mass is 9.94. The average Bonchev–Trinajstić information content (AvgIpc) is 2.53. The van der Waals surface area contributed by atoms with Gasteiger partial charge in [-0.3, -0.25) is 0 Å². The largest absolute Gasteiger partial charge is 0.497 e. The molecule has 0 aromatic heterocycles. The summed E-state index contributed by atoms with van der Waals surface area (Å²) >= 11 is 6.29. The fourth-order valence-electron chi connectivity index (χ4n) is 2.01. The normalized spacial score (nSPS) is 18.7. The van der Waals surface area contributed by atoms with Gasteiger partial charge in [-0.25, -0.2) is 0 Å². The van der Waals surface area contributed by atoms with E-state index in [1.807, 2.05) is 0 Å². The lowest BCUT2D eigenvalue weighted by molar-refractivity contribution is 0.319. The summed E-state index contributed by atoms with van der Waals surface area (Å²) in [6, 6.07) is 9.34. The zero-order valence-electron chi connectivity index (χ0n) is 11.6. The van der Waals surface area contributed by atoms with E-state index in [2.05, 4.69) is 11.2 Å². The number of ether oxygens (including phenoxy) is 1. The molecule has 1 aliphatic rings. The molecule has 21 heavy (non-hydrogen) atoms. The van der Waals surface area contributed by atoms with Crippen LogP contribution in [0.5, 0.6) is 5.75 Å². The van der Waals surface area contributed by atoms with Gasteiger partial charge in [-0.1, -0.05) is 16.8 Å². The smallest absolute Gasteiger partial charge is 0.118 e. The van der Waals surface area contributed by atoms with Crippen LogP contribution in [0, 0.1) is 11.3 Å². The van der Waals surface area contributed by atoms with Crippen molar-refractivity contribution in [3.63, 3.8) is 0 Å². The molecule has 0 unspecified atom stereocenters. The van der Waals surface area contributed by atoms with Gasteiger partial charge in [0.2, 0.25) is 0 Å². The Labute approximate surface area is 127 Å². The quantitative estimate of drug-likeness (QED) is 0.512. The van der Waals surface area contributed by atoms with E-state index in [4.69, 9.17) is 21.5 Å². The van der Waals surface area contributed by atoms with E-state index in [1.165, 1.54) is 0 Å². The van der Waals surface area contributed by atoms with Crippen LogP contribution in [0.2, 0.25) is 0 Å². The predicted octanol–water partition coefficient (Wildman–Crippen LogP) is 3.89. The van der Waals surface area contributed by atoms with Gasteiger partial charge in [-0.15, -0.1) is 0 Å². The number of nitriles is 1. The molecule has 1 aromatic carbocycles. The van der Waals surface area contributed by atoms with Crippen LogP contribution in [0.4, 0.5) is 0 Å². The number of benzene rings is 1. The van der Waals surface area contributed by atoms with E-state index in [-0.39, 0.29) is 0 Å². The van der Waals surface area contributed by atoms with Gasteiger partial charge in [-0.05, 0) is 54.5 Å². The zero-order valence-corrected chi connectivity index (χ0v) is 12.3. The molecule has 0 heterocycles. The molecule has 5 heteroatoms. The average molecular weight is 301 g/mol. The standard InChI is InChI=1S/C16H13ClN2O2/c1-10-15(19-20)8-7-13(16(10)17)14(9-18)11-3-5-12(21-2)6-4-11/h3-8,20H,1-2H3/b14-13+,19-15+. The van der Waals surface area contributed by atoms with Crippen LogP contribution >= 0.6 is 11.6 Å². The number of hydrogen-bond donors (Lipinski definition) is 1. The molecular weight excluding hydrogens is 288 g/mol. The number of methoxy groups -OCH3 is 1. The Balaban J connectivity index is 2.57. The summed E-state index contributed by atoms with van der Waals surface area (Å²) in [4.78, 5) is 0. The van der Waals surface area contributed by atoms with E-state index in [9.17, 15) is 5.26 Å². The van der Waals surface area contributed by atoms with Crippen LogP contribution in [0.3, 0.4) is 0 Å². The molecular formula is C16H13ClN2O2. The van der Waals surface area contributed by atoms with Crippen molar-refractivity contribution < 1.29 is 9.94 Å². The Morgan fingerprint density at radius 3 is 2.48 bits per heavy atom. The van der Waals surface area contributed by atoms with E-state index in [1.54, 1.807) is 50.5 Å². The maximum atomic E-state index is 9.45.